The van der Waals surface area contributed by atoms with Crippen molar-refractivity contribution in [3.05, 3.63) is 28.2 Å². The Morgan fingerprint density at radius 1 is 1.15 bits per heavy atom. The predicted octanol–water partition coefficient (Wildman–Crippen LogP) is 3.80. The molecule has 2 fully saturated rings. The molecule has 1 aromatic carbocycles. The van der Waals surface area contributed by atoms with Gasteiger partial charge in [0.25, 0.3) is 0 Å². The van der Waals surface area contributed by atoms with E-state index in [9.17, 15) is 13.2 Å². The van der Waals surface area contributed by atoms with Crippen LogP contribution in [0.5, 0.6) is 0 Å². The van der Waals surface area contributed by atoms with Crippen LogP contribution in [-0.4, -0.2) is 25.2 Å². The van der Waals surface area contributed by atoms with Crippen LogP contribution in [0.4, 0.5) is 18.9 Å². The zero-order valence-electron chi connectivity index (χ0n) is 10.9. The van der Waals surface area contributed by atoms with Gasteiger partial charge in [-0.05, 0) is 53.4 Å². The Morgan fingerprint density at radius 3 is 2.55 bits per heavy atom. The fourth-order valence-corrected chi connectivity index (χ4v) is 3.13. The van der Waals surface area contributed by atoms with Gasteiger partial charge in [0, 0.05) is 29.6 Å². The molecule has 1 unspecified atom stereocenters. The average molecular weight is 349 g/mol. The molecule has 1 saturated carbocycles. The van der Waals surface area contributed by atoms with Crippen LogP contribution in [0.25, 0.3) is 0 Å². The standard InChI is InChI=1S/C14H16BrF3N2/c15-12-4-1-9(14(16,17)18)7-13(12)20-6-5-11(8-20)19-10-2-3-10/h1,4,7,10-11,19H,2-3,5-6,8H2. The fraction of sp³-hybridized carbons (Fsp3) is 0.571. The number of hydrogen-bond acceptors (Lipinski definition) is 2. The molecule has 1 N–H and O–H groups in total. The van der Waals surface area contributed by atoms with Crippen LogP contribution in [0.2, 0.25) is 0 Å². The monoisotopic (exact) mass is 348 g/mol. The first-order valence-corrected chi connectivity index (χ1v) is 7.60. The molecule has 1 atom stereocenters. The highest BCUT2D eigenvalue weighted by Gasteiger charge is 2.33. The molecular weight excluding hydrogens is 333 g/mol. The lowest BCUT2D eigenvalue weighted by Gasteiger charge is -2.22. The highest BCUT2D eigenvalue weighted by atomic mass is 79.9. The van der Waals surface area contributed by atoms with Crippen molar-refractivity contribution >= 4 is 21.6 Å². The highest BCUT2D eigenvalue weighted by molar-refractivity contribution is 9.10. The molecule has 2 aliphatic rings. The third-order valence-corrected chi connectivity index (χ3v) is 4.52. The number of hydrogen-bond donors (Lipinski definition) is 1. The van der Waals surface area contributed by atoms with Crippen molar-refractivity contribution in [2.75, 3.05) is 18.0 Å². The van der Waals surface area contributed by atoms with Crippen LogP contribution >= 0.6 is 15.9 Å². The molecular formula is C14H16BrF3N2. The van der Waals surface area contributed by atoms with E-state index in [1.807, 2.05) is 4.90 Å². The van der Waals surface area contributed by atoms with Crippen molar-refractivity contribution in [1.82, 2.24) is 5.32 Å². The molecule has 1 saturated heterocycles. The second kappa shape index (κ2) is 5.22. The molecule has 0 bridgehead atoms. The second-order valence-corrected chi connectivity index (χ2v) is 6.39. The number of halogens is 4. The summed E-state index contributed by atoms with van der Waals surface area (Å²) in [4.78, 5) is 2.03. The smallest absolute Gasteiger partial charge is 0.369 e. The molecule has 110 valence electrons. The van der Waals surface area contributed by atoms with E-state index in [2.05, 4.69) is 21.2 Å². The minimum absolute atomic E-state index is 0.393. The van der Waals surface area contributed by atoms with Gasteiger partial charge in [0.2, 0.25) is 0 Å². The van der Waals surface area contributed by atoms with Gasteiger partial charge in [-0.1, -0.05) is 0 Å². The molecule has 0 amide bonds. The summed E-state index contributed by atoms with van der Waals surface area (Å²) in [5, 5.41) is 3.54. The van der Waals surface area contributed by atoms with Crippen molar-refractivity contribution in [1.29, 1.82) is 0 Å². The van der Waals surface area contributed by atoms with Crippen LogP contribution in [0, 0.1) is 0 Å². The number of anilines is 1. The minimum Gasteiger partial charge on any atom is -0.369 e. The van der Waals surface area contributed by atoms with Crippen LogP contribution in [0.3, 0.4) is 0 Å². The topological polar surface area (TPSA) is 15.3 Å². The van der Waals surface area contributed by atoms with Crippen LogP contribution in [0.15, 0.2) is 22.7 Å². The number of alkyl halides is 3. The molecule has 0 spiro atoms. The lowest BCUT2D eigenvalue weighted by Crippen LogP contribution is -2.34. The van der Waals surface area contributed by atoms with E-state index >= 15 is 0 Å². The normalized spacial score (nSPS) is 23.4. The maximum absolute atomic E-state index is 12.8. The Labute approximate surface area is 124 Å². The molecule has 20 heavy (non-hydrogen) atoms. The molecule has 1 aliphatic heterocycles. The third kappa shape index (κ3) is 3.11. The number of nitrogens with zero attached hydrogens (tertiary/aromatic N) is 1. The average Bonchev–Trinajstić information content (AvgIpc) is 3.05. The summed E-state index contributed by atoms with van der Waals surface area (Å²) in [6.45, 7) is 1.57. The third-order valence-electron chi connectivity index (χ3n) is 3.85. The first kappa shape index (κ1) is 14.2. The van der Waals surface area contributed by atoms with E-state index in [4.69, 9.17) is 0 Å². The van der Waals surface area contributed by atoms with Crippen LogP contribution in [0.1, 0.15) is 24.8 Å². The molecule has 3 rings (SSSR count). The van der Waals surface area contributed by atoms with Gasteiger partial charge in [-0.3, -0.25) is 0 Å². The molecule has 1 aromatic rings. The Balaban J connectivity index is 1.75. The minimum atomic E-state index is -4.29. The summed E-state index contributed by atoms with van der Waals surface area (Å²) < 4.78 is 39.1. The molecule has 1 heterocycles. The Bertz CT molecular complexity index is 500. The van der Waals surface area contributed by atoms with Gasteiger partial charge in [0.05, 0.1) is 11.3 Å². The van der Waals surface area contributed by atoms with Gasteiger partial charge in [-0.25, -0.2) is 0 Å². The maximum atomic E-state index is 12.8. The van der Waals surface area contributed by atoms with Crippen molar-refractivity contribution in [2.45, 2.75) is 37.5 Å². The molecule has 0 aromatic heterocycles. The van der Waals surface area contributed by atoms with E-state index < -0.39 is 11.7 Å². The van der Waals surface area contributed by atoms with Gasteiger partial charge in [0.15, 0.2) is 0 Å². The maximum Gasteiger partial charge on any atom is 0.416 e. The van der Waals surface area contributed by atoms with E-state index in [0.717, 1.165) is 30.0 Å². The fourth-order valence-electron chi connectivity index (χ4n) is 2.63. The van der Waals surface area contributed by atoms with Gasteiger partial charge < -0.3 is 10.2 Å². The zero-order valence-corrected chi connectivity index (χ0v) is 12.5. The van der Waals surface area contributed by atoms with Gasteiger partial charge in [-0.2, -0.15) is 13.2 Å². The Kier molecular flexibility index (Phi) is 3.71. The van der Waals surface area contributed by atoms with Gasteiger partial charge in [-0.15, -0.1) is 0 Å². The first-order valence-electron chi connectivity index (χ1n) is 6.81. The summed E-state index contributed by atoms with van der Waals surface area (Å²) in [6, 6.07) is 4.86. The zero-order chi connectivity index (χ0) is 14.3. The quantitative estimate of drug-likeness (QED) is 0.893. The van der Waals surface area contributed by atoms with Crippen LogP contribution in [-0.2, 0) is 6.18 Å². The second-order valence-electron chi connectivity index (χ2n) is 5.54. The lowest BCUT2D eigenvalue weighted by atomic mass is 10.2. The number of nitrogens with one attached hydrogen (secondary N) is 1. The van der Waals surface area contributed by atoms with Crippen LogP contribution < -0.4 is 10.2 Å². The van der Waals surface area contributed by atoms with Gasteiger partial charge in [0.1, 0.15) is 0 Å². The molecule has 1 aliphatic carbocycles. The van der Waals surface area contributed by atoms with Gasteiger partial charge >= 0.3 is 6.18 Å². The number of rotatable bonds is 3. The van der Waals surface area contributed by atoms with E-state index in [1.165, 1.54) is 25.0 Å². The van der Waals surface area contributed by atoms with Crippen molar-refractivity contribution in [2.24, 2.45) is 0 Å². The Morgan fingerprint density at radius 2 is 1.90 bits per heavy atom. The molecule has 0 radical (unpaired) electrons. The highest BCUT2D eigenvalue weighted by Crippen LogP contribution is 2.36. The lowest BCUT2D eigenvalue weighted by molar-refractivity contribution is -0.137. The first-order chi connectivity index (χ1) is 9.43. The number of benzene rings is 1. The SMILES string of the molecule is FC(F)(F)c1ccc(Br)c(N2CCC(NC3CC3)C2)c1. The molecule has 2 nitrogen and oxygen atoms in total. The summed E-state index contributed by atoms with van der Waals surface area (Å²) in [6.07, 6.45) is -0.854. The predicted molar refractivity (Wildman–Crippen MR) is 75.9 cm³/mol. The largest absolute Gasteiger partial charge is 0.416 e. The van der Waals surface area contributed by atoms with Crippen molar-refractivity contribution < 1.29 is 13.2 Å². The van der Waals surface area contributed by atoms with Crippen molar-refractivity contribution in [3.8, 4) is 0 Å². The van der Waals surface area contributed by atoms with E-state index in [0.29, 0.717) is 17.8 Å². The summed E-state index contributed by atoms with van der Waals surface area (Å²) in [7, 11) is 0. The Hall–Kier alpha value is -0.750. The van der Waals surface area contributed by atoms with Crippen molar-refractivity contribution in [3.63, 3.8) is 0 Å². The van der Waals surface area contributed by atoms with E-state index in [-0.39, 0.29) is 0 Å². The molecule has 6 heteroatoms. The summed E-state index contributed by atoms with van der Waals surface area (Å²) >= 11 is 3.36. The summed E-state index contributed by atoms with van der Waals surface area (Å²) in [5.74, 6) is 0. The van der Waals surface area contributed by atoms with E-state index in [1.54, 1.807) is 0 Å². The summed E-state index contributed by atoms with van der Waals surface area (Å²) in [5.41, 5.74) is 0.0502.